The minimum Gasteiger partial charge on any atom is -0.455 e. The summed E-state index contributed by atoms with van der Waals surface area (Å²) in [5.41, 5.74) is 4.21. The fraction of sp³-hybridized carbons (Fsp3) is 0. The van der Waals surface area contributed by atoms with E-state index in [1.165, 1.54) is 47.3 Å². The predicted octanol–water partition coefficient (Wildman–Crippen LogP) is 9.54. The average molecular weight is 479 g/mol. The van der Waals surface area contributed by atoms with Crippen molar-refractivity contribution in [2.75, 3.05) is 0 Å². The van der Waals surface area contributed by atoms with Crippen molar-refractivity contribution in [3.05, 3.63) is 95.5 Å². The second-order valence-corrected chi connectivity index (χ2v) is 9.90. The van der Waals surface area contributed by atoms with Gasteiger partial charge in [-0.2, -0.15) is 0 Å². The lowest BCUT2D eigenvalue weighted by Crippen LogP contribution is -1.82. The van der Waals surface area contributed by atoms with E-state index in [0.717, 1.165) is 21.2 Å². The van der Waals surface area contributed by atoms with Crippen LogP contribution >= 0.6 is 27.3 Å². The van der Waals surface area contributed by atoms with E-state index < -0.39 is 0 Å². The highest BCUT2D eigenvalue weighted by atomic mass is 79.9. The smallest absolute Gasteiger partial charge is 0.143 e. The van der Waals surface area contributed by atoms with Crippen LogP contribution in [0.1, 0.15) is 0 Å². The van der Waals surface area contributed by atoms with Gasteiger partial charge in [0.05, 0.1) is 0 Å². The molecule has 0 atom stereocenters. The van der Waals surface area contributed by atoms with E-state index in [1.807, 2.05) is 17.4 Å². The molecule has 0 radical (unpaired) electrons. The molecule has 7 rings (SSSR count). The number of rotatable bonds is 1. The van der Waals surface area contributed by atoms with E-state index in [1.54, 1.807) is 0 Å². The highest BCUT2D eigenvalue weighted by Crippen LogP contribution is 2.43. The van der Waals surface area contributed by atoms with Crippen LogP contribution in [0.5, 0.6) is 0 Å². The summed E-state index contributed by atoms with van der Waals surface area (Å²) < 4.78 is 10.2. The summed E-state index contributed by atoms with van der Waals surface area (Å²) in [7, 11) is 0. The van der Waals surface area contributed by atoms with Crippen molar-refractivity contribution in [2.45, 2.75) is 0 Å². The van der Waals surface area contributed by atoms with Crippen LogP contribution in [0.4, 0.5) is 0 Å². The number of fused-ring (bicyclic) bond motifs is 8. The van der Waals surface area contributed by atoms with Gasteiger partial charge in [-0.3, -0.25) is 0 Å². The molecule has 0 bridgehead atoms. The van der Waals surface area contributed by atoms with E-state index >= 15 is 0 Å². The lowest BCUT2D eigenvalue weighted by Gasteiger charge is -2.07. The van der Waals surface area contributed by atoms with Crippen molar-refractivity contribution in [3.8, 4) is 11.1 Å². The normalized spacial score (nSPS) is 12.0. The molecule has 0 saturated carbocycles. The molecule has 0 aliphatic heterocycles. The fourth-order valence-electron chi connectivity index (χ4n) is 4.71. The molecule has 146 valence electrons. The Morgan fingerprint density at radius 1 is 0.645 bits per heavy atom. The van der Waals surface area contributed by atoms with Crippen LogP contribution in [0.25, 0.3) is 64.0 Å². The van der Waals surface area contributed by atoms with Gasteiger partial charge in [-0.1, -0.05) is 64.5 Å². The molecule has 0 aliphatic rings. The topological polar surface area (TPSA) is 13.1 Å². The van der Waals surface area contributed by atoms with Crippen LogP contribution in [0.15, 0.2) is 99.9 Å². The van der Waals surface area contributed by atoms with Gasteiger partial charge in [0.25, 0.3) is 0 Å². The molecule has 2 aromatic heterocycles. The first-order valence-corrected chi connectivity index (χ1v) is 11.8. The van der Waals surface area contributed by atoms with Crippen molar-refractivity contribution in [2.24, 2.45) is 0 Å². The second kappa shape index (κ2) is 6.43. The fourth-order valence-corrected chi connectivity index (χ4v) is 6.13. The van der Waals surface area contributed by atoms with Crippen LogP contribution in [0.3, 0.4) is 0 Å². The number of furan rings is 1. The molecule has 0 spiro atoms. The summed E-state index contributed by atoms with van der Waals surface area (Å²) in [5.74, 6) is 0. The molecule has 7 aromatic rings. The number of benzene rings is 5. The zero-order valence-corrected chi connectivity index (χ0v) is 18.8. The predicted molar refractivity (Wildman–Crippen MR) is 137 cm³/mol. The summed E-state index contributed by atoms with van der Waals surface area (Å²) >= 11 is 5.48. The molecule has 31 heavy (non-hydrogen) atoms. The molecule has 5 aromatic carbocycles. The SMILES string of the molecule is Brc1ccc2sc3ccc(-c4cc5ccccc5c5c4oc4ccccc45)cc3c2c1. The van der Waals surface area contributed by atoms with E-state index in [4.69, 9.17) is 4.42 Å². The number of hydrogen-bond donors (Lipinski definition) is 0. The molecule has 0 aliphatic carbocycles. The van der Waals surface area contributed by atoms with E-state index in [0.29, 0.717) is 0 Å². The number of para-hydroxylation sites is 1. The van der Waals surface area contributed by atoms with Crippen LogP contribution in [0, 0.1) is 0 Å². The van der Waals surface area contributed by atoms with Crippen LogP contribution < -0.4 is 0 Å². The van der Waals surface area contributed by atoms with Gasteiger partial charge in [0.1, 0.15) is 11.2 Å². The maximum atomic E-state index is 6.44. The second-order valence-electron chi connectivity index (χ2n) is 7.90. The minimum absolute atomic E-state index is 0.932. The molecule has 0 amide bonds. The largest absolute Gasteiger partial charge is 0.455 e. The van der Waals surface area contributed by atoms with Crippen molar-refractivity contribution in [1.29, 1.82) is 0 Å². The minimum atomic E-state index is 0.932. The van der Waals surface area contributed by atoms with Crippen molar-refractivity contribution in [3.63, 3.8) is 0 Å². The Labute approximate surface area is 190 Å². The van der Waals surface area contributed by atoms with Gasteiger partial charge in [-0.15, -0.1) is 11.3 Å². The highest BCUT2D eigenvalue weighted by molar-refractivity contribution is 9.10. The zero-order valence-electron chi connectivity index (χ0n) is 16.4. The first kappa shape index (κ1) is 17.5. The zero-order chi connectivity index (χ0) is 20.5. The molecule has 3 heteroatoms. The Morgan fingerprint density at radius 3 is 2.29 bits per heavy atom. The monoisotopic (exact) mass is 478 g/mol. The van der Waals surface area contributed by atoms with E-state index in [2.05, 4.69) is 101 Å². The standard InChI is InChI=1S/C28H15BrOS/c29-18-10-12-26-23(15-18)22-14-17(9-11-25(22)31-26)21-13-16-5-1-2-6-19(16)27-20-7-3-4-8-24(20)30-28(21)27/h1-15H. The molecule has 2 heterocycles. The lowest BCUT2D eigenvalue weighted by atomic mass is 9.95. The van der Waals surface area contributed by atoms with E-state index in [9.17, 15) is 0 Å². The summed E-state index contributed by atoms with van der Waals surface area (Å²) in [6.45, 7) is 0. The average Bonchev–Trinajstić information content (AvgIpc) is 3.36. The van der Waals surface area contributed by atoms with Gasteiger partial charge >= 0.3 is 0 Å². The molecule has 0 fully saturated rings. The number of halogens is 1. The van der Waals surface area contributed by atoms with Crippen LogP contribution in [-0.2, 0) is 0 Å². The van der Waals surface area contributed by atoms with Gasteiger partial charge in [0.2, 0.25) is 0 Å². The molecule has 0 unspecified atom stereocenters. The molecule has 1 nitrogen and oxygen atoms in total. The number of hydrogen-bond acceptors (Lipinski definition) is 2. The van der Waals surface area contributed by atoms with Crippen molar-refractivity contribution >= 4 is 80.1 Å². The maximum Gasteiger partial charge on any atom is 0.143 e. The van der Waals surface area contributed by atoms with Crippen LogP contribution in [0.2, 0.25) is 0 Å². The molecule has 0 N–H and O–H groups in total. The Morgan fingerprint density at radius 2 is 1.39 bits per heavy atom. The Hall–Kier alpha value is -3.14. The summed E-state index contributed by atoms with van der Waals surface area (Å²) in [6.07, 6.45) is 0. The Bertz CT molecular complexity index is 1810. The molecular formula is C28H15BrOS. The summed E-state index contributed by atoms with van der Waals surface area (Å²) in [6, 6.07) is 32.5. The third kappa shape index (κ3) is 2.54. The van der Waals surface area contributed by atoms with E-state index in [-0.39, 0.29) is 0 Å². The molecular weight excluding hydrogens is 464 g/mol. The Balaban J connectivity index is 1.62. The van der Waals surface area contributed by atoms with Gasteiger partial charge in [-0.25, -0.2) is 0 Å². The Kier molecular flexibility index (Phi) is 3.64. The quantitative estimate of drug-likeness (QED) is 0.229. The maximum absolute atomic E-state index is 6.44. The lowest BCUT2D eigenvalue weighted by molar-refractivity contribution is 0.670. The van der Waals surface area contributed by atoms with Crippen LogP contribution in [-0.4, -0.2) is 0 Å². The van der Waals surface area contributed by atoms with Crippen molar-refractivity contribution in [1.82, 2.24) is 0 Å². The molecule has 0 saturated heterocycles. The first-order chi connectivity index (χ1) is 15.3. The number of thiophene rings is 1. The van der Waals surface area contributed by atoms with Gasteiger partial charge in [-0.05, 0) is 58.8 Å². The third-order valence-electron chi connectivity index (χ3n) is 6.11. The third-order valence-corrected chi connectivity index (χ3v) is 7.76. The highest BCUT2D eigenvalue weighted by Gasteiger charge is 2.17. The first-order valence-electron chi connectivity index (χ1n) is 10.2. The van der Waals surface area contributed by atoms with Crippen molar-refractivity contribution < 1.29 is 4.42 Å². The summed E-state index contributed by atoms with van der Waals surface area (Å²) in [4.78, 5) is 0. The van der Waals surface area contributed by atoms with Gasteiger partial charge < -0.3 is 4.42 Å². The van der Waals surface area contributed by atoms with Gasteiger partial charge in [0.15, 0.2) is 0 Å². The van der Waals surface area contributed by atoms with Gasteiger partial charge in [0, 0.05) is 41.0 Å². The summed E-state index contributed by atoms with van der Waals surface area (Å²) in [5, 5.41) is 7.41.